The van der Waals surface area contributed by atoms with Crippen LogP contribution in [0.4, 0.5) is 0 Å². The molecule has 0 amide bonds. The lowest BCUT2D eigenvalue weighted by Crippen LogP contribution is -2.38. The summed E-state index contributed by atoms with van der Waals surface area (Å²) in [4.78, 5) is 4.57. The number of hydrogen-bond donors (Lipinski definition) is 2. The van der Waals surface area contributed by atoms with Crippen LogP contribution in [-0.4, -0.2) is 37.4 Å². The zero-order valence-electron chi connectivity index (χ0n) is 16.0. The summed E-state index contributed by atoms with van der Waals surface area (Å²) in [6.07, 6.45) is 0.944. The summed E-state index contributed by atoms with van der Waals surface area (Å²) in [5.41, 5.74) is 1.82. The van der Waals surface area contributed by atoms with Gasteiger partial charge in [-0.2, -0.15) is 0 Å². The fourth-order valence-electron chi connectivity index (χ4n) is 2.33. The van der Waals surface area contributed by atoms with Crippen LogP contribution < -0.4 is 10.6 Å². The molecule has 0 aliphatic heterocycles. The van der Waals surface area contributed by atoms with E-state index in [4.69, 9.17) is 9.26 Å². The molecule has 0 fully saturated rings. The van der Waals surface area contributed by atoms with Crippen LogP contribution in [0.25, 0.3) is 11.3 Å². The number of nitrogens with one attached hydrogen (secondary N) is 2. The van der Waals surface area contributed by atoms with Crippen LogP contribution in [0.1, 0.15) is 32.9 Å². The highest BCUT2D eigenvalue weighted by molar-refractivity contribution is 5.79. The van der Waals surface area contributed by atoms with E-state index in [9.17, 15) is 0 Å². The van der Waals surface area contributed by atoms with Gasteiger partial charge in [-0.3, -0.25) is 0 Å². The van der Waals surface area contributed by atoms with Crippen LogP contribution in [0, 0.1) is 5.92 Å². The van der Waals surface area contributed by atoms with Gasteiger partial charge in [0.2, 0.25) is 0 Å². The lowest BCUT2D eigenvalue weighted by molar-refractivity contribution is 0.108. The Morgan fingerprint density at radius 2 is 2.04 bits per heavy atom. The van der Waals surface area contributed by atoms with E-state index in [2.05, 4.69) is 34.6 Å². The van der Waals surface area contributed by atoms with E-state index in [1.165, 1.54) is 0 Å². The Hall–Kier alpha value is -2.34. The summed E-state index contributed by atoms with van der Waals surface area (Å²) < 4.78 is 11.0. The number of guanidine groups is 1. The second-order valence-electron chi connectivity index (χ2n) is 6.49. The summed E-state index contributed by atoms with van der Waals surface area (Å²) in [6, 6.07) is 11.9. The molecule has 0 saturated heterocycles. The second-order valence-corrected chi connectivity index (χ2v) is 6.49. The normalized spacial score (nSPS) is 11.8. The van der Waals surface area contributed by atoms with Crippen molar-refractivity contribution in [3.05, 3.63) is 42.1 Å². The number of rotatable bonds is 10. The molecule has 0 unspecified atom stereocenters. The van der Waals surface area contributed by atoms with E-state index in [-0.39, 0.29) is 0 Å². The standard InChI is InChI=1S/C20H30N4O2/c1-4-21-20(22-11-8-12-25-15-16(2)3)23-14-18-13-19(26-24-18)17-9-6-5-7-10-17/h5-7,9-10,13,16H,4,8,11-12,14-15H2,1-3H3,(H2,21,22,23). The molecule has 2 N–H and O–H groups in total. The molecule has 0 saturated carbocycles. The molecule has 1 aromatic heterocycles. The Kier molecular flexibility index (Phi) is 8.69. The average molecular weight is 358 g/mol. The first kappa shape index (κ1) is 20.0. The van der Waals surface area contributed by atoms with E-state index < -0.39 is 0 Å². The van der Waals surface area contributed by atoms with Gasteiger partial charge in [-0.1, -0.05) is 49.3 Å². The first-order chi connectivity index (χ1) is 12.7. The summed E-state index contributed by atoms with van der Waals surface area (Å²) in [5.74, 6) is 2.11. The van der Waals surface area contributed by atoms with Crippen LogP contribution >= 0.6 is 0 Å². The molecule has 0 bridgehead atoms. The van der Waals surface area contributed by atoms with Gasteiger partial charge in [-0.15, -0.1) is 0 Å². The molecule has 0 spiro atoms. The third-order valence-electron chi connectivity index (χ3n) is 3.57. The Morgan fingerprint density at radius 3 is 2.77 bits per heavy atom. The lowest BCUT2D eigenvalue weighted by Gasteiger charge is -2.11. The van der Waals surface area contributed by atoms with Crippen molar-refractivity contribution in [2.45, 2.75) is 33.7 Å². The van der Waals surface area contributed by atoms with E-state index in [0.717, 1.165) is 55.7 Å². The van der Waals surface area contributed by atoms with Crippen LogP contribution in [0.2, 0.25) is 0 Å². The number of benzene rings is 1. The minimum absolute atomic E-state index is 0.468. The summed E-state index contributed by atoms with van der Waals surface area (Å²) in [5, 5.41) is 10.7. The van der Waals surface area contributed by atoms with Gasteiger partial charge in [0.05, 0.1) is 6.54 Å². The maximum atomic E-state index is 5.59. The van der Waals surface area contributed by atoms with Gasteiger partial charge < -0.3 is 19.9 Å². The summed E-state index contributed by atoms with van der Waals surface area (Å²) in [6.45, 7) is 10.0. The van der Waals surface area contributed by atoms with Crippen LogP contribution in [0.5, 0.6) is 0 Å². The maximum Gasteiger partial charge on any atom is 0.191 e. The van der Waals surface area contributed by atoms with Crippen molar-refractivity contribution >= 4 is 5.96 Å². The van der Waals surface area contributed by atoms with Crippen molar-refractivity contribution in [1.82, 2.24) is 15.8 Å². The van der Waals surface area contributed by atoms with Gasteiger partial charge in [0, 0.05) is 37.9 Å². The molecular formula is C20H30N4O2. The van der Waals surface area contributed by atoms with Gasteiger partial charge in [-0.25, -0.2) is 4.99 Å². The lowest BCUT2D eigenvalue weighted by atomic mass is 10.2. The SMILES string of the molecule is CCNC(=NCc1cc(-c2ccccc2)on1)NCCCOCC(C)C. The molecular weight excluding hydrogens is 328 g/mol. The minimum Gasteiger partial charge on any atom is -0.381 e. The van der Waals surface area contributed by atoms with E-state index >= 15 is 0 Å². The molecule has 2 rings (SSSR count). The second kappa shape index (κ2) is 11.3. The molecule has 2 aromatic rings. The first-order valence-electron chi connectivity index (χ1n) is 9.30. The third-order valence-corrected chi connectivity index (χ3v) is 3.57. The summed E-state index contributed by atoms with van der Waals surface area (Å²) >= 11 is 0. The highest BCUT2D eigenvalue weighted by Crippen LogP contribution is 2.19. The largest absolute Gasteiger partial charge is 0.381 e. The predicted molar refractivity (Wildman–Crippen MR) is 105 cm³/mol. The van der Waals surface area contributed by atoms with Gasteiger partial charge >= 0.3 is 0 Å². The van der Waals surface area contributed by atoms with Crippen molar-refractivity contribution in [2.24, 2.45) is 10.9 Å². The molecule has 1 aromatic carbocycles. The molecule has 0 atom stereocenters. The zero-order chi connectivity index (χ0) is 18.6. The Morgan fingerprint density at radius 1 is 1.23 bits per heavy atom. The fourth-order valence-corrected chi connectivity index (χ4v) is 2.33. The Labute approximate surface area is 156 Å². The quantitative estimate of drug-likeness (QED) is 0.387. The number of aliphatic imine (C=N–C) groups is 1. The van der Waals surface area contributed by atoms with Gasteiger partial charge in [-0.05, 0) is 19.3 Å². The zero-order valence-corrected chi connectivity index (χ0v) is 16.0. The van der Waals surface area contributed by atoms with Gasteiger partial charge in [0.25, 0.3) is 0 Å². The monoisotopic (exact) mass is 358 g/mol. The topological polar surface area (TPSA) is 71.7 Å². The number of ether oxygens (including phenoxy) is 1. The Bertz CT molecular complexity index is 653. The predicted octanol–water partition coefficient (Wildman–Crippen LogP) is 3.46. The van der Waals surface area contributed by atoms with E-state index in [1.807, 2.05) is 43.3 Å². The van der Waals surface area contributed by atoms with Crippen LogP contribution in [-0.2, 0) is 11.3 Å². The molecule has 0 aliphatic carbocycles. The Balaban J connectivity index is 1.80. The number of nitrogens with zero attached hydrogens (tertiary/aromatic N) is 2. The summed E-state index contributed by atoms with van der Waals surface area (Å²) in [7, 11) is 0. The maximum absolute atomic E-state index is 5.59. The average Bonchev–Trinajstić information content (AvgIpc) is 3.12. The van der Waals surface area contributed by atoms with Crippen molar-refractivity contribution in [2.75, 3.05) is 26.3 Å². The van der Waals surface area contributed by atoms with Crippen molar-refractivity contribution in [3.63, 3.8) is 0 Å². The molecule has 26 heavy (non-hydrogen) atoms. The molecule has 142 valence electrons. The van der Waals surface area contributed by atoms with E-state index in [1.54, 1.807) is 0 Å². The molecule has 0 aliphatic rings. The van der Waals surface area contributed by atoms with Crippen molar-refractivity contribution in [1.29, 1.82) is 0 Å². The van der Waals surface area contributed by atoms with Crippen LogP contribution in [0.15, 0.2) is 45.9 Å². The van der Waals surface area contributed by atoms with E-state index in [0.29, 0.717) is 12.5 Å². The van der Waals surface area contributed by atoms with Crippen LogP contribution in [0.3, 0.4) is 0 Å². The van der Waals surface area contributed by atoms with Gasteiger partial charge in [0.1, 0.15) is 5.69 Å². The van der Waals surface area contributed by atoms with Crippen molar-refractivity contribution in [3.8, 4) is 11.3 Å². The first-order valence-corrected chi connectivity index (χ1v) is 9.30. The molecule has 0 radical (unpaired) electrons. The highest BCUT2D eigenvalue weighted by Gasteiger charge is 2.06. The molecule has 6 heteroatoms. The van der Waals surface area contributed by atoms with Gasteiger partial charge in [0.15, 0.2) is 11.7 Å². The highest BCUT2D eigenvalue weighted by atomic mass is 16.5. The molecule has 1 heterocycles. The number of hydrogen-bond acceptors (Lipinski definition) is 4. The third kappa shape index (κ3) is 7.27. The fraction of sp³-hybridized carbons (Fsp3) is 0.500. The van der Waals surface area contributed by atoms with Crippen molar-refractivity contribution < 1.29 is 9.26 Å². The smallest absolute Gasteiger partial charge is 0.191 e. The number of aromatic nitrogens is 1. The molecule has 6 nitrogen and oxygen atoms in total. The minimum atomic E-state index is 0.468.